The van der Waals surface area contributed by atoms with Crippen molar-refractivity contribution in [1.82, 2.24) is 15.1 Å². The number of nitrogens with one attached hydrogen (secondary N) is 1. The normalized spacial score (nSPS) is 18.9. The minimum Gasteiger partial charge on any atom is -0.484 e. The van der Waals surface area contributed by atoms with E-state index in [1.54, 1.807) is 4.90 Å². The highest BCUT2D eigenvalue weighted by molar-refractivity contribution is 5.79. The summed E-state index contributed by atoms with van der Waals surface area (Å²) in [7, 11) is 0. The second-order valence-corrected chi connectivity index (χ2v) is 7.30. The summed E-state index contributed by atoms with van der Waals surface area (Å²) in [5.74, 6) is 0.132. The number of rotatable bonds is 6. The molecule has 0 unspecified atom stereocenters. The molecule has 1 heterocycles. The Balaban J connectivity index is 1.34. The van der Waals surface area contributed by atoms with Crippen LogP contribution in [0.15, 0.2) is 24.3 Å². The van der Waals surface area contributed by atoms with Crippen LogP contribution in [0.1, 0.15) is 32.1 Å². The summed E-state index contributed by atoms with van der Waals surface area (Å²) in [5, 5.41) is 3.13. The van der Waals surface area contributed by atoms with E-state index in [1.165, 1.54) is 43.5 Å². The highest BCUT2D eigenvalue weighted by Crippen LogP contribution is 2.17. The number of benzene rings is 1. The first-order valence-corrected chi connectivity index (χ1v) is 9.78. The van der Waals surface area contributed by atoms with Gasteiger partial charge in [0.2, 0.25) is 5.91 Å². The van der Waals surface area contributed by atoms with E-state index in [0.29, 0.717) is 44.5 Å². The Morgan fingerprint density at radius 2 is 1.70 bits per heavy atom. The van der Waals surface area contributed by atoms with Crippen LogP contribution in [0.5, 0.6) is 5.75 Å². The molecule has 1 saturated heterocycles. The minimum atomic E-state index is -0.336. The summed E-state index contributed by atoms with van der Waals surface area (Å²) in [6, 6.07) is 5.95. The fourth-order valence-electron chi connectivity index (χ4n) is 3.65. The van der Waals surface area contributed by atoms with E-state index in [9.17, 15) is 14.0 Å². The molecule has 1 aliphatic carbocycles. The van der Waals surface area contributed by atoms with Crippen LogP contribution >= 0.6 is 0 Å². The summed E-state index contributed by atoms with van der Waals surface area (Å²) >= 11 is 0. The van der Waals surface area contributed by atoms with Gasteiger partial charge in [-0.15, -0.1) is 0 Å². The second-order valence-electron chi connectivity index (χ2n) is 7.30. The van der Waals surface area contributed by atoms with Gasteiger partial charge < -0.3 is 15.0 Å². The van der Waals surface area contributed by atoms with Crippen molar-refractivity contribution < 1.29 is 18.7 Å². The minimum absolute atomic E-state index is 0.0617. The molecule has 0 bridgehead atoms. The SMILES string of the molecule is O=C(CN1CCN(C(=O)COc2ccc(F)cc2)CC1)NC1CCCCC1. The van der Waals surface area contributed by atoms with E-state index < -0.39 is 0 Å². The summed E-state index contributed by atoms with van der Waals surface area (Å²) in [6.07, 6.45) is 5.84. The van der Waals surface area contributed by atoms with E-state index in [0.717, 1.165) is 12.8 Å². The van der Waals surface area contributed by atoms with Crippen molar-refractivity contribution in [3.63, 3.8) is 0 Å². The van der Waals surface area contributed by atoms with Crippen molar-refractivity contribution in [2.24, 2.45) is 0 Å². The first kappa shape index (κ1) is 19.6. The molecule has 6 nitrogen and oxygen atoms in total. The van der Waals surface area contributed by atoms with Gasteiger partial charge in [-0.25, -0.2) is 4.39 Å². The molecule has 0 spiro atoms. The number of hydrogen-bond donors (Lipinski definition) is 1. The zero-order valence-corrected chi connectivity index (χ0v) is 15.7. The number of carbonyl (C=O) groups is 2. The fourth-order valence-corrected chi connectivity index (χ4v) is 3.65. The molecule has 2 amide bonds. The number of amides is 2. The highest BCUT2D eigenvalue weighted by Gasteiger charge is 2.23. The number of piperazine rings is 1. The molecule has 1 aliphatic heterocycles. The molecule has 7 heteroatoms. The lowest BCUT2D eigenvalue weighted by molar-refractivity contribution is -0.135. The standard InChI is InChI=1S/C20H28FN3O3/c21-16-6-8-18(9-7-16)27-15-20(26)24-12-10-23(11-13-24)14-19(25)22-17-4-2-1-3-5-17/h6-9,17H,1-5,10-15H2,(H,22,25). The van der Waals surface area contributed by atoms with E-state index in [1.807, 2.05) is 0 Å². The molecule has 2 fully saturated rings. The molecule has 0 aromatic heterocycles. The van der Waals surface area contributed by atoms with Gasteiger partial charge in [-0.05, 0) is 37.1 Å². The van der Waals surface area contributed by atoms with Gasteiger partial charge >= 0.3 is 0 Å². The topological polar surface area (TPSA) is 61.9 Å². The fraction of sp³-hybridized carbons (Fsp3) is 0.600. The van der Waals surface area contributed by atoms with Crippen LogP contribution in [0.2, 0.25) is 0 Å². The van der Waals surface area contributed by atoms with Crippen LogP contribution in [0.3, 0.4) is 0 Å². The highest BCUT2D eigenvalue weighted by atomic mass is 19.1. The van der Waals surface area contributed by atoms with Crippen molar-refractivity contribution in [1.29, 1.82) is 0 Å². The lowest BCUT2D eigenvalue weighted by Crippen LogP contribution is -2.52. The van der Waals surface area contributed by atoms with Gasteiger partial charge in [-0.1, -0.05) is 19.3 Å². The summed E-state index contributed by atoms with van der Waals surface area (Å²) < 4.78 is 18.3. The molecule has 3 rings (SSSR count). The van der Waals surface area contributed by atoms with Gasteiger partial charge in [0.25, 0.3) is 5.91 Å². The van der Waals surface area contributed by atoms with E-state index >= 15 is 0 Å². The van der Waals surface area contributed by atoms with Crippen LogP contribution in [-0.4, -0.2) is 67.0 Å². The summed E-state index contributed by atoms with van der Waals surface area (Å²) in [6.45, 7) is 2.86. The molecule has 27 heavy (non-hydrogen) atoms. The van der Waals surface area contributed by atoms with Crippen LogP contribution in [-0.2, 0) is 9.59 Å². The monoisotopic (exact) mass is 377 g/mol. The molecular weight excluding hydrogens is 349 g/mol. The maximum absolute atomic E-state index is 12.9. The van der Waals surface area contributed by atoms with E-state index in [2.05, 4.69) is 10.2 Å². The smallest absolute Gasteiger partial charge is 0.260 e. The lowest BCUT2D eigenvalue weighted by Gasteiger charge is -2.34. The predicted octanol–water partition coefficient (Wildman–Crippen LogP) is 1.80. The Kier molecular flexibility index (Phi) is 7.04. The molecule has 0 radical (unpaired) electrons. The maximum Gasteiger partial charge on any atom is 0.260 e. The van der Waals surface area contributed by atoms with Crippen LogP contribution in [0, 0.1) is 5.82 Å². The van der Waals surface area contributed by atoms with Crippen molar-refractivity contribution in [2.45, 2.75) is 38.1 Å². The molecule has 1 aromatic carbocycles. The Morgan fingerprint density at radius 1 is 1.04 bits per heavy atom. The predicted molar refractivity (Wildman–Crippen MR) is 99.9 cm³/mol. The zero-order chi connectivity index (χ0) is 19.1. The van der Waals surface area contributed by atoms with Gasteiger partial charge in [0.1, 0.15) is 11.6 Å². The van der Waals surface area contributed by atoms with Crippen molar-refractivity contribution in [3.05, 3.63) is 30.1 Å². The average molecular weight is 377 g/mol. The Morgan fingerprint density at radius 3 is 2.37 bits per heavy atom. The van der Waals surface area contributed by atoms with E-state index in [4.69, 9.17) is 4.74 Å². The Bertz CT molecular complexity index is 624. The largest absolute Gasteiger partial charge is 0.484 e. The number of halogens is 1. The van der Waals surface area contributed by atoms with Crippen molar-refractivity contribution in [2.75, 3.05) is 39.3 Å². The van der Waals surface area contributed by atoms with Gasteiger partial charge in [-0.3, -0.25) is 14.5 Å². The third-order valence-electron chi connectivity index (χ3n) is 5.24. The van der Waals surface area contributed by atoms with Crippen LogP contribution in [0.25, 0.3) is 0 Å². The molecule has 1 N–H and O–H groups in total. The Hall–Kier alpha value is -2.15. The van der Waals surface area contributed by atoms with E-state index in [-0.39, 0.29) is 24.2 Å². The number of hydrogen-bond acceptors (Lipinski definition) is 4. The summed E-state index contributed by atoms with van der Waals surface area (Å²) in [4.78, 5) is 28.3. The van der Waals surface area contributed by atoms with Crippen LogP contribution < -0.4 is 10.1 Å². The second kappa shape index (κ2) is 9.69. The summed E-state index contributed by atoms with van der Waals surface area (Å²) in [5.41, 5.74) is 0. The zero-order valence-electron chi connectivity index (χ0n) is 15.7. The molecule has 1 aromatic rings. The van der Waals surface area contributed by atoms with Crippen molar-refractivity contribution >= 4 is 11.8 Å². The third kappa shape index (κ3) is 6.20. The molecule has 1 saturated carbocycles. The first-order valence-electron chi connectivity index (χ1n) is 9.78. The van der Waals surface area contributed by atoms with Crippen LogP contribution in [0.4, 0.5) is 4.39 Å². The lowest BCUT2D eigenvalue weighted by atomic mass is 9.95. The quantitative estimate of drug-likeness (QED) is 0.821. The number of ether oxygens (including phenoxy) is 1. The van der Waals surface area contributed by atoms with Gasteiger partial charge in [0.15, 0.2) is 6.61 Å². The average Bonchev–Trinajstić information content (AvgIpc) is 2.68. The van der Waals surface area contributed by atoms with Gasteiger partial charge in [0, 0.05) is 32.2 Å². The first-order chi connectivity index (χ1) is 13.1. The molecular formula is C20H28FN3O3. The molecule has 0 atom stereocenters. The third-order valence-corrected chi connectivity index (χ3v) is 5.24. The molecule has 148 valence electrons. The number of nitrogens with zero attached hydrogens (tertiary/aromatic N) is 2. The number of carbonyl (C=O) groups excluding carboxylic acids is 2. The Labute approximate surface area is 159 Å². The van der Waals surface area contributed by atoms with Gasteiger partial charge in [0.05, 0.1) is 6.54 Å². The molecule has 2 aliphatic rings. The maximum atomic E-state index is 12.9. The van der Waals surface area contributed by atoms with Crippen molar-refractivity contribution in [3.8, 4) is 5.75 Å². The van der Waals surface area contributed by atoms with Gasteiger partial charge in [-0.2, -0.15) is 0 Å².